The molecule has 146 valence electrons. The maximum atomic E-state index is 10.7. The molecule has 0 unspecified atom stereocenters. The number of hydrogen-bond donors (Lipinski definition) is 3. The van der Waals surface area contributed by atoms with Crippen LogP contribution in [0.1, 0.15) is 39.3 Å². The van der Waals surface area contributed by atoms with E-state index in [-0.39, 0.29) is 6.04 Å². The predicted molar refractivity (Wildman–Crippen MR) is 115 cm³/mol. The lowest BCUT2D eigenvalue weighted by atomic mass is 9.55. The molecule has 1 aromatic carbocycles. The van der Waals surface area contributed by atoms with Crippen LogP contribution in [0.25, 0.3) is 0 Å². The second-order valence-electron chi connectivity index (χ2n) is 7.17. The van der Waals surface area contributed by atoms with E-state index in [0.29, 0.717) is 5.84 Å². The van der Waals surface area contributed by atoms with Crippen molar-refractivity contribution in [3.63, 3.8) is 0 Å². The van der Waals surface area contributed by atoms with Crippen molar-refractivity contribution in [3.8, 4) is 12.1 Å². The second-order valence-corrected chi connectivity index (χ2v) is 10.4. The van der Waals surface area contributed by atoms with E-state index in [2.05, 4.69) is 36.3 Å². The number of thioether (sulfide) groups is 2. The van der Waals surface area contributed by atoms with Crippen molar-refractivity contribution in [3.05, 3.63) is 47.2 Å². The van der Waals surface area contributed by atoms with Gasteiger partial charge in [-0.1, -0.05) is 67.7 Å². The molecule has 0 bridgehead atoms. The van der Waals surface area contributed by atoms with Crippen molar-refractivity contribution in [1.29, 1.82) is 10.5 Å². The molecule has 0 saturated carbocycles. The Morgan fingerprint density at radius 2 is 1.71 bits per heavy atom. The summed E-state index contributed by atoms with van der Waals surface area (Å²) < 4.78 is -0.711. The summed E-state index contributed by atoms with van der Waals surface area (Å²) in [5, 5.41) is 23.5. The maximum absolute atomic E-state index is 10.7. The zero-order valence-electron chi connectivity index (χ0n) is 16.7. The van der Waals surface area contributed by atoms with Gasteiger partial charge in [0.2, 0.25) is 9.62 Å². The molecule has 2 aliphatic heterocycles. The molecule has 1 aromatic rings. The van der Waals surface area contributed by atoms with E-state index < -0.39 is 15.0 Å². The van der Waals surface area contributed by atoms with Crippen LogP contribution >= 0.6 is 23.5 Å². The summed E-state index contributed by atoms with van der Waals surface area (Å²) in [5.74, 6) is 2.02. The van der Waals surface area contributed by atoms with E-state index in [4.69, 9.17) is 5.73 Å². The van der Waals surface area contributed by atoms with Gasteiger partial charge in [0.1, 0.15) is 11.7 Å². The van der Waals surface area contributed by atoms with Crippen LogP contribution in [0.5, 0.6) is 0 Å². The molecule has 0 saturated heterocycles. The van der Waals surface area contributed by atoms with E-state index in [1.807, 2.05) is 44.2 Å². The Bertz CT molecular complexity index is 905. The van der Waals surface area contributed by atoms with E-state index in [1.165, 1.54) is 0 Å². The zero-order valence-corrected chi connectivity index (χ0v) is 18.4. The Labute approximate surface area is 175 Å². The van der Waals surface area contributed by atoms with Gasteiger partial charge in [-0.15, -0.1) is 0 Å². The Kier molecular flexibility index (Phi) is 5.55. The number of rotatable bonds is 5. The van der Waals surface area contributed by atoms with Gasteiger partial charge in [0.05, 0.1) is 12.1 Å². The van der Waals surface area contributed by atoms with E-state index in [9.17, 15) is 10.5 Å². The molecule has 0 amide bonds. The summed E-state index contributed by atoms with van der Waals surface area (Å²) in [6.07, 6.45) is 0. The van der Waals surface area contributed by atoms with Gasteiger partial charge in [0.15, 0.2) is 5.41 Å². The molecule has 5 nitrogen and oxygen atoms in total. The molecule has 28 heavy (non-hydrogen) atoms. The van der Waals surface area contributed by atoms with Crippen molar-refractivity contribution in [2.45, 2.75) is 37.9 Å². The molecule has 3 rings (SSSR count). The summed E-state index contributed by atoms with van der Waals surface area (Å²) in [4.78, 5) is 3.47. The standard InChI is InChI=1S/C21H25N5S2/c1-5-27-21(28-6-2)20(13-23)14(3)15(4)25-17(16-10-8-7-9-11-16)19(20,12-22)18(24)26-21/h7-11,17,25H,5-6H2,1-4H3,(H2,24,26)/p+2/t17-,19+,20+/m0/s1. The summed E-state index contributed by atoms with van der Waals surface area (Å²) in [7, 11) is 0. The highest BCUT2D eigenvalue weighted by Crippen LogP contribution is 2.64. The largest absolute Gasteiger partial charge is 0.310 e. The van der Waals surface area contributed by atoms with Gasteiger partial charge in [0.25, 0.3) is 5.84 Å². The van der Waals surface area contributed by atoms with Gasteiger partial charge in [-0.25, -0.2) is 0 Å². The van der Waals surface area contributed by atoms with Gasteiger partial charge in [-0.3, -0.25) is 10.7 Å². The summed E-state index contributed by atoms with van der Waals surface area (Å²) in [6, 6.07) is 14.8. The highest BCUT2D eigenvalue weighted by atomic mass is 32.2. The number of nitriles is 2. The van der Waals surface area contributed by atoms with Crippen LogP contribution in [0.4, 0.5) is 0 Å². The van der Waals surface area contributed by atoms with E-state index in [1.54, 1.807) is 23.5 Å². The number of fused-ring (bicyclic) bond motifs is 1. The number of hydrogen-bond acceptors (Lipinski definition) is 5. The third-order valence-electron chi connectivity index (χ3n) is 6.04. The van der Waals surface area contributed by atoms with Crippen LogP contribution in [-0.2, 0) is 0 Å². The molecule has 0 aromatic heterocycles. The minimum atomic E-state index is -1.18. The summed E-state index contributed by atoms with van der Waals surface area (Å²) >= 11 is 3.34. The number of quaternary nitrogens is 1. The van der Waals surface area contributed by atoms with Crippen LogP contribution in [0.2, 0.25) is 0 Å². The first-order chi connectivity index (χ1) is 13.4. The fourth-order valence-corrected chi connectivity index (χ4v) is 8.14. The number of amidine groups is 1. The van der Waals surface area contributed by atoms with Gasteiger partial charge in [0, 0.05) is 18.1 Å². The molecule has 0 radical (unpaired) electrons. The maximum Gasteiger partial charge on any atom is 0.272 e. The van der Waals surface area contributed by atoms with Gasteiger partial charge in [-0.05, 0) is 18.4 Å². The van der Waals surface area contributed by atoms with Crippen LogP contribution in [-0.4, -0.2) is 21.5 Å². The molecule has 0 aliphatic carbocycles. The summed E-state index contributed by atoms with van der Waals surface area (Å²) in [6.45, 7) is 8.18. The highest BCUT2D eigenvalue weighted by molar-refractivity contribution is 8.17. The zero-order chi connectivity index (χ0) is 20.6. The molecular weight excluding hydrogens is 386 g/mol. The Balaban J connectivity index is 2.42. The lowest BCUT2D eigenvalue weighted by Gasteiger charge is -2.47. The average molecular weight is 414 g/mol. The number of nitrogens with two attached hydrogens (primary N) is 2. The Morgan fingerprint density at radius 1 is 1.11 bits per heavy atom. The number of nitrogens with zero attached hydrogens (tertiary/aromatic N) is 2. The monoisotopic (exact) mass is 413 g/mol. The van der Waals surface area contributed by atoms with Crippen molar-refractivity contribution in [1.82, 2.24) is 0 Å². The van der Waals surface area contributed by atoms with Crippen LogP contribution in [0.15, 0.2) is 41.6 Å². The van der Waals surface area contributed by atoms with E-state index in [0.717, 1.165) is 28.3 Å². The minimum Gasteiger partial charge on any atom is -0.310 e. The smallest absolute Gasteiger partial charge is 0.272 e. The first-order valence-corrected chi connectivity index (χ1v) is 11.5. The highest BCUT2D eigenvalue weighted by Gasteiger charge is 2.81. The SMILES string of the molecule is CCSC1(SCC)[NH+]=C(N)[C@@]2(C#N)[C@H](c3ccccc3)[NH2+]C(C)=C(C)[C@@]12C#N. The third kappa shape index (κ3) is 2.40. The quantitative estimate of drug-likeness (QED) is 0.630. The van der Waals surface area contributed by atoms with Gasteiger partial charge >= 0.3 is 0 Å². The van der Waals surface area contributed by atoms with Crippen LogP contribution < -0.4 is 16.0 Å². The fourth-order valence-electron chi connectivity index (χ4n) is 4.77. The number of benzene rings is 1. The van der Waals surface area contributed by atoms with Gasteiger partial charge in [-0.2, -0.15) is 10.5 Å². The first kappa shape index (κ1) is 20.8. The molecule has 2 heterocycles. The fraction of sp³-hybridized carbons (Fsp3) is 0.476. The first-order valence-electron chi connectivity index (χ1n) is 9.50. The Hall–Kier alpha value is -1.93. The molecule has 3 atom stereocenters. The number of nitrogens with one attached hydrogen (secondary N) is 1. The van der Waals surface area contributed by atoms with Crippen molar-refractivity contribution in [2.75, 3.05) is 11.5 Å². The molecule has 5 N–H and O–H groups in total. The molecule has 7 heteroatoms. The molecule has 0 fully saturated rings. The topological polar surface area (TPSA) is 104 Å². The van der Waals surface area contributed by atoms with Gasteiger partial charge < -0.3 is 5.32 Å². The molecule has 2 aliphatic rings. The lowest BCUT2D eigenvalue weighted by molar-refractivity contribution is -0.669. The predicted octanol–water partition coefficient (Wildman–Crippen LogP) is 1.23. The van der Waals surface area contributed by atoms with Crippen LogP contribution in [0, 0.1) is 33.5 Å². The average Bonchev–Trinajstić information content (AvgIpc) is 2.91. The van der Waals surface area contributed by atoms with E-state index >= 15 is 0 Å². The van der Waals surface area contributed by atoms with Crippen molar-refractivity contribution in [2.24, 2.45) is 16.6 Å². The summed E-state index contributed by atoms with van der Waals surface area (Å²) in [5.41, 5.74) is 7.34. The van der Waals surface area contributed by atoms with Crippen molar-refractivity contribution >= 4 is 29.4 Å². The third-order valence-corrected chi connectivity index (χ3v) is 8.96. The lowest BCUT2D eigenvalue weighted by Crippen LogP contribution is -2.90. The Morgan fingerprint density at radius 3 is 2.21 bits per heavy atom. The van der Waals surface area contributed by atoms with Crippen LogP contribution in [0.3, 0.4) is 0 Å². The molecule has 0 spiro atoms. The second kappa shape index (κ2) is 7.48. The number of allylic oxidation sites excluding steroid dienone is 1. The van der Waals surface area contributed by atoms with Crippen molar-refractivity contribution < 1.29 is 10.3 Å². The molecular formula is C21H27N5S2+2. The normalized spacial score (nSPS) is 30.9. The minimum absolute atomic E-state index is 0.300.